The van der Waals surface area contributed by atoms with Crippen molar-refractivity contribution in [2.75, 3.05) is 18.4 Å². The molecule has 124 valence electrons. The maximum atomic E-state index is 12.1. The second kappa shape index (κ2) is 7.46. The van der Waals surface area contributed by atoms with Crippen LogP contribution in [0.5, 0.6) is 0 Å². The van der Waals surface area contributed by atoms with Crippen molar-refractivity contribution in [1.82, 2.24) is 4.90 Å². The van der Waals surface area contributed by atoms with Gasteiger partial charge in [0.15, 0.2) is 8.32 Å². The van der Waals surface area contributed by atoms with Crippen LogP contribution in [-0.2, 0) is 9.16 Å². The minimum absolute atomic E-state index is 0.0980. The average molecular weight is 380 g/mol. The molecule has 0 bridgehead atoms. The Morgan fingerprint density at radius 2 is 2.05 bits per heavy atom. The summed E-state index contributed by atoms with van der Waals surface area (Å²) in [5.74, 6) is 0. The van der Waals surface area contributed by atoms with E-state index >= 15 is 0 Å². The molecule has 1 saturated heterocycles. The number of carbonyl (C=O) groups excluding carboxylic acids is 1. The summed E-state index contributed by atoms with van der Waals surface area (Å²) < 4.78 is 11.8. The van der Waals surface area contributed by atoms with Gasteiger partial charge in [-0.2, -0.15) is 0 Å². The molecule has 6 heteroatoms. The Kier molecular flexibility index (Phi) is 6.74. The van der Waals surface area contributed by atoms with Crippen LogP contribution in [0.15, 0.2) is 0 Å². The van der Waals surface area contributed by atoms with Crippen molar-refractivity contribution in [3.05, 3.63) is 0 Å². The Labute approximate surface area is 138 Å². The number of alkyl halides is 1. The maximum Gasteiger partial charge on any atom is 0.410 e. The van der Waals surface area contributed by atoms with Crippen LogP contribution in [0.25, 0.3) is 0 Å². The molecule has 0 aromatic carbocycles. The highest BCUT2D eigenvalue weighted by Crippen LogP contribution is 2.38. The predicted molar refractivity (Wildman–Crippen MR) is 92.6 cm³/mol. The number of amides is 1. The molecule has 1 fully saturated rings. The fourth-order valence-electron chi connectivity index (χ4n) is 2.07. The van der Waals surface area contributed by atoms with Gasteiger partial charge in [-0.1, -0.05) is 36.7 Å². The largest absolute Gasteiger partial charge is 0.446 e. The van der Waals surface area contributed by atoms with Gasteiger partial charge in [-0.25, -0.2) is 4.79 Å². The lowest BCUT2D eigenvalue weighted by Gasteiger charge is -2.42. The first kappa shape index (κ1) is 19.0. The van der Waals surface area contributed by atoms with Crippen LogP contribution >= 0.6 is 15.9 Å². The Morgan fingerprint density at radius 1 is 1.43 bits per heavy atom. The maximum absolute atomic E-state index is 12.1. The molecule has 0 N–H and O–H groups in total. The first-order valence-corrected chi connectivity index (χ1v) is 11.8. The molecule has 1 heterocycles. The van der Waals surface area contributed by atoms with Crippen LogP contribution in [0.2, 0.25) is 18.1 Å². The van der Waals surface area contributed by atoms with Gasteiger partial charge in [-0.15, -0.1) is 0 Å². The van der Waals surface area contributed by atoms with Crippen molar-refractivity contribution in [3.8, 4) is 0 Å². The van der Waals surface area contributed by atoms with Crippen LogP contribution in [-0.4, -0.2) is 49.9 Å². The summed E-state index contributed by atoms with van der Waals surface area (Å²) in [6, 6.07) is 0. The van der Waals surface area contributed by atoms with Crippen LogP contribution in [0.1, 0.15) is 40.5 Å². The van der Waals surface area contributed by atoms with Crippen molar-refractivity contribution < 1.29 is 14.0 Å². The van der Waals surface area contributed by atoms with Gasteiger partial charge in [0.25, 0.3) is 0 Å². The summed E-state index contributed by atoms with van der Waals surface area (Å²) in [5, 5.41) is 0.858. The lowest BCUT2D eigenvalue weighted by Crippen LogP contribution is -2.50. The van der Waals surface area contributed by atoms with Crippen LogP contribution in [0.4, 0.5) is 4.79 Å². The number of likely N-dealkylation sites (tertiary alicyclic amines) is 1. The van der Waals surface area contributed by atoms with E-state index in [0.717, 1.165) is 19.4 Å². The Balaban J connectivity index is 2.58. The van der Waals surface area contributed by atoms with Gasteiger partial charge < -0.3 is 14.1 Å². The number of nitrogens with zero attached hydrogens (tertiary/aromatic N) is 1. The highest BCUT2D eigenvalue weighted by atomic mass is 79.9. The minimum atomic E-state index is -1.78. The zero-order chi connectivity index (χ0) is 16.3. The number of halogens is 1. The molecule has 0 aromatic rings. The molecule has 21 heavy (non-hydrogen) atoms. The van der Waals surface area contributed by atoms with E-state index in [9.17, 15) is 4.79 Å². The van der Waals surface area contributed by atoms with E-state index in [1.807, 2.05) is 6.92 Å². The third-order valence-electron chi connectivity index (χ3n) is 4.42. The van der Waals surface area contributed by atoms with Gasteiger partial charge in [0.05, 0.1) is 6.10 Å². The van der Waals surface area contributed by atoms with Gasteiger partial charge in [-0.05, 0) is 37.9 Å². The monoisotopic (exact) mass is 379 g/mol. The molecular weight excluding hydrogens is 350 g/mol. The number of ether oxygens (including phenoxy) is 1. The molecule has 0 aliphatic carbocycles. The summed E-state index contributed by atoms with van der Waals surface area (Å²) in [7, 11) is -1.78. The first-order valence-electron chi connectivity index (χ1n) is 7.76. The average Bonchev–Trinajstić information content (AvgIpc) is 2.37. The molecular formula is C15H30BrNO3Si. The van der Waals surface area contributed by atoms with Crippen molar-refractivity contribution in [2.24, 2.45) is 0 Å². The lowest BCUT2D eigenvalue weighted by atomic mass is 10.1. The van der Waals surface area contributed by atoms with Gasteiger partial charge >= 0.3 is 6.09 Å². The second-order valence-electron chi connectivity index (χ2n) is 7.44. The Hall–Kier alpha value is -0.0731. The summed E-state index contributed by atoms with van der Waals surface area (Å²) in [6.07, 6.45) is 1.85. The molecule has 1 aliphatic heterocycles. The first-order chi connectivity index (χ1) is 9.56. The third kappa shape index (κ3) is 5.56. The fraction of sp³-hybridized carbons (Fsp3) is 0.933. The molecule has 4 nitrogen and oxygen atoms in total. The van der Waals surface area contributed by atoms with E-state index in [4.69, 9.17) is 9.16 Å². The predicted octanol–water partition coefficient (Wildman–Crippen LogP) is 4.39. The summed E-state index contributed by atoms with van der Waals surface area (Å²) in [5.41, 5.74) is 0. The van der Waals surface area contributed by atoms with Crippen LogP contribution in [0.3, 0.4) is 0 Å². The standard InChI is InChI=1S/C15H30BrNO3Si/c1-12(10-16)19-14(18)17-9-7-8-13(11-17)20-21(5,6)15(2,3)4/h12-13H,7-11H2,1-6H3/t12-,13?/m1/s1. The molecule has 1 amide bonds. The normalized spacial score (nSPS) is 22.0. The van der Waals surface area contributed by atoms with Gasteiger partial charge in [-0.3, -0.25) is 0 Å². The lowest BCUT2D eigenvalue weighted by molar-refractivity contribution is 0.0412. The highest BCUT2D eigenvalue weighted by Gasteiger charge is 2.40. The van der Waals surface area contributed by atoms with Crippen LogP contribution in [0, 0.1) is 0 Å². The molecule has 2 atom stereocenters. The zero-order valence-corrected chi connectivity index (χ0v) is 16.8. The van der Waals surface area contributed by atoms with Gasteiger partial charge in [0.1, 0.15) is 6.10 Å². The Bertz CT molecular complexity index is 357. The Morgan fingerprint density at radius 3 is 2.57 bits per heavy atom. The molecule has 1 rings (SSSR count). The SMILES string of the molecule is C[C@H](CBr)OC(=O)N1CCCC(O[Si](C)(C)C(C)(C)C)C1. The molecule has 1 unspecified atom stereocenters. The van der Waals surface area contributed by atoms with Crippen molar-refractivity contribution >= 4 is 30.3 Å². The summed E-state index contributed by atoms with van der Waals surface area (Å²) >= 11 is 3.33. The topological polar surface area (TPSA) is 38.8 Å². The summed E-state index contributed by atoms with van der Waals surface area (Å²) in [6.45, 7) is 14.6. The quantitative estimate of drug-likeness (QED) is 0.536. The number of rotatable bonds is 4. The van der Waals surface area contributed by atoms with Crippen LogP contribution < -0.4 is 0 Å². The smallest absolute Gasteiger partial charge is 0.410 e. The highest BCUT2D eigenvalue weighted by molar-refractivity contribution is 9.09. The molecule has 0 spiro atoms. The number of piperidine rings is 1. The van der Waals surface area contributed by atoms with E-state index in [-0.39, 0.29) is 23.3 Å². The van der Waals surface area contributed by atoms with E-state index in [2.05, 4.69) is 49.8 Å². The van der Waals surface area contributed by atoms with E-state index in [1.54, 1.807) is 4.90 Å². The van der Waals surface area contributed by atoms with Crippen molar-refractivity contribution in [2.45, 2.75) is 70.9 Å². The number of hydrogen-bond acceptors (Lipinski definition) is 3. The van der Waals surface area contributed by atoms with Gasteiger partial charge in [0, 0.05) is 18.4 Å². The minimum Gasteiger partial charge on any atom is -0.446 e. The molecule has 0 aromatic heterocycles. The van der Waals surface area contributed by atoms with E-state index in [1.165, 1.54) is 0 Å². The van der Waals surface area contributed by atoms with E-state index < -0.39 is 8.32 Å². The third-order valence-corrected chi connectivity index (χ3v) is 9.87. The van der Waals surface area contributed by atoms with Gasteiger partial charge in [0.2, 0.25) is 0 Å². The summed E-state index contributed by atoms with van der Waals surface area (Å²) in [4.78, 5) is 13.9. The molecule has 1 aliphatic rings. The van der Waals surface area contributed by atoms with E-state index in [0.29, 0.717) is 11.9 Å². The number of carbonyl (C=O) groups is 1. The second-order valence-corrected chi connectivity index (χ2v) is 12.8. The molecule has 0 saturated carbocycles. The fourth-order valence-corrected chi connectivity index (χ4v) is 3.58. The zero-order valence-electron chi connectivity index (χ0n) is 14.2. The molecule has 0 radical (unpaired) electrons. The van der Waals surface area contributed by atoms with Crippen molar-refractivity contribution in [1.29, 1.82) is 0 Å². The number of hydrogen-bond donors (Lipinski definition) is 0. The van der Waals surface area contributed by atoms with Crippen molar-refractivity contribution in [3.63, 3.8) is 0 Å².